The minimum Gasteiger partial charge on any atom is -0.370 e. The number of rotatable bonds is 2. The minimum absolute atomic E-state index is 0.146. The van der Waals surface area contributed by atoms with E-state index in [2.05, 4.69) is 0 Å². The molecule has 70 valence electrons. The van der Waals surface area contributed by atoms with E-state index in [1.807, 2.05) is 6.92 Å². The van der Waals surface area contributed by atoms with E-state index in [1.165, 1.54) is 11.0 Å². The number of nitrogens with one attached hydrogen (secondary N) is 1. The van der Waals surface area contributed by atoms with Crippen molar-refractivity contribution in [1.82, 2.24) is 0 Å². The molecule has 0 aliphatic heterocycles. The average molecular weight is 181 g/mol. The first-order valence-electron chi connectivity index (χ1n) is 4.03. The standard InChI is InChI=1S/C9H12FN3/c1-2-13(9(11)12)8-6-4-3-5-7(8)10/h3-6H,2H2,1H3,(H3,11,12). The first-order valence-corrected chi connectivity index (χ1v) is 4.03. The Hall–Kier alpha value is -1.58. The molecule has 0 aliphatic rings. The third kappa shape index (κ3) is 1.96. The van der Waals surface area contributed by atoms with E-state index in [1.54, 1.807) is 18.2 Å². The molecule has 0 aromatic heterocycles. The fourth-order valence-corrected chi connectivity index (χ4v) is 1.14. The Bertz CT molecular complexity index is 311. The molecule has 0 radical (unpaired) electrons. The molecule has 0 aliphatic carbocycles. The number of benzene rings is 1. The van der Waals surface area contributed by atoms with E-state index in [0.29, 0.717) is 12.2 Å². The van der Waals surface area contributed by atoms with Gasteiger partial charge in [-0.15, -0.1) is 0 Å². The summed E-state index contributed by atoms with van der Waals surface area (Å²) in [6, 6.07) is 6.26. The van der Waals surface area contributed by atoms with Gasteiger partial charge in [0.05, 0.1) is 5.69 Å². The third-order valence-electron chi connectivity index (χ3n) is 1.75. The average Bonchev–Trinajstić information content (AvgIpc) is 2.09. The van der Waals surface area contributed by atoms with Crippen LogP contribution in [0.1, 0.15) is 6.92 Å². The lowest BCUT2D eigenvalue weighted by Crippen LogP contribution is -2.36. The van der Waals surface area contributed by atoms with Gasteiger partial charge in [0.25, 0.3) is 0 Å². The Morgan fingerprint density at radius 2 is 2.15 bits per heavy atom. The van der Waals surface area contributed by atoms with Crippen molar-refractivity contribution in [2.24, 2.45) is 5.73 Å². The zero-order valence-electron chi connectivity index (χ0n) is 7.42. The van der Waals surface area contributed by atoms with Crippen LogP contribution in [-0.2, 0) is 0 Å². The highest BCUT2D eigenvalue weighted by atomic mass is 19.1. The zero-order chi connectivity index (χ0) is 9.84. The minimum atomic E-state index is -0.362. The second-order valence-corrected chi connectivity index (χ2v) is 2.58. The lowest BCUT2D eigenvalue weighted by Gasteiger charge is -2.20. The molecule has 0 saturated heterocycles. The lowest BCUT2D eigenvalue weighted by molar-refractivity contribution is 0.626. The molecule has 1 aromatic carbocycles. The second-order valence-electron chi connectivity index (χ2n) is 2.58. The van der Waals surface area contributed by atoms with Crippen molar-refractivity contribution in [2.45, 2.75) is 6.92 Å². The first-order chi connectivity index (χ1) is 6.16. The summed E-state index contributed by atoms with van der Waals surface area (Å²) >= 11 is 0. The maximum absolute atomic E-state index is 13.2. The number of nitrogens with two attached hydrogens (primary N) is 1. The van der Waals surface area contributed by atoms with Gasteiger partial charge in [0, 0.05) is 6.54 Å². The van der Waals surface area contributed by atoms with Crippen molar-refractivity contribution in [3.05, 3.63) is 30.1 Å². The molecule has 0 amide bonds. The van der Waals surface area contributed by atoms with Crippen LogP contribution in [0.4, 0.5) is 10.1 Å². The summed E-state index contributed by atoms with van der Waals surface area (Å²) in [5, 5.41) is 7.22. The molecular formula is C9H12FN3. The maximum atomic E-state index is 13.2. The Labute approximate surface area is 76.5 Å². The second kappa shape index (κ2) is 3.89. The van der Waals surface area contributed by atoms with E-state index in [-0.39, 0.29) is 11.8 Å². The zero-order valence-corrected chi connectivity index (χ0v) is 7.42. The third-order valence-corrected chi connectivity index (χ3v) is 1.75. The summed E-state index contributed by atoms with van der Waals surface area (Å²) in [5.74, 6) is -0.507. The SMILES string of the molecule is CCN(C(=N)N)c1ccccc1F. The number of para-hydroxylation sites is 1. The lowest BCUT2D eigenvalue weighted by atomic mass is 10.3. The van der Waals surface area contributed by atoms with Gasteiger partial charge >= 0.3 is 0 Å². The van der Waals surface area contributed by atoms with E-state index in [9.17, 15) is 4.39 Å². The highest BCUT2D eigenvalue weighted by Crippen LogP contribution is 2.17. The molecular weight excluding hydrogens is 169 g/mol. The predicted molar refractivity (Wildman–Crippen MR) is 51.3 cm³/mol. The van der Waals surface area contributed by atoms with Crippen LogP contribution in [0.3, 0.4) is 0 Å². The highest BCUT2D eigenvalue weighted by molar-refractivity contribution is 5.92. The highest BCUT2D eigenvalue weighted by Gasteiger charge is 2.10. The van der Waals surface area contributed by atoms with Crippen LogP contribution in [0.2, 0.25) is 0 Å². The van der Waals surface area contributed by atoms with Crippen molar-refractivity contribution < 1.29 is 4.39 Å². The van der Waals surface area contributed by atoms with Gasteiger partial charge in [-0.3, -0.25) is 5.41 Å². The number of hydrogen-bond donors (Lipinski definition) is 2. The van der Waals surface area contributed by atoms with Gasteiger partial charge < -0.3 is 10.6 Å². The summed E-state index contributed by atoms with van der Waals surface area (Å²) in [4.78, 5) is 1.40. The number of guanidine groups is 1. The van der Waals surface area contributed by atoms with Crippen LogP contribution in [0, 0.1) is 11.2 Å². The Morgan fingerprint density at radius 3 is 2.62 bits per heavy atom. The molecule has 0 unspecified atom stereocenters. The molecule has 0 atom stereocenters. The van der Waals surface area contributed by atoms with Crippen LogP contribution in [0.5, 0.6) is 0 Å². The fraction of sp³-hybridized carbons (Fsp3) is 0.222. The first kappa shape index (κ1) is 9.51. The van der Waals surface area contributed by atoms with Crippen molar-refractivity contribution in [3.8, 4) is 0 Å². The normalized spacial score (nSPS) is 9.69. The van der Waals surface area contributed by atoms with Crippen LogP contribution < -0.4 is 10.6 Å². The van der Waals surface area contributed by atoms with Crippen molar-refractivity contribution in [1.29, 1.82) is 5.41 Å². The van der Waals surface area contributed by atoms with Crippen LogP contribution in [-0.4, -0.2) is 12.5 Å². The van der Waals surface area contributed by atoms with Gasteiger partial charge in [-0.2, -0.15) is 0 Å². The van der Waals surface area contributed by atoms with Crippen LogP contribution in [0.15, 0.2) is 24.3 Å². The summed E-state index contributed by atoms with van der Waals surface area (Å²) in [6.07, 6.45) is 0. The van der Waals surface area contributed by atoms with E-state index in [0.717, 1.165) is 0 Å². The molecule has 0 spiro atoms. The van der Waals surface area contributed by atoms with Gasteiger partial charge in [-0.05, 0) is 19.1 Å². The molecule has 0 bridgehead atoms. The molecule has 3 N–H and O–H groups in total. The molecule has 0 fully saturated rings. The molecule has 0 saturated carbocycles. The number of halogens is 1. The number of hydrogen-bond acceptors (Lipinski definition) is 1. The van der Waals surface area contributed by atoms with E-state index >= 15 is 0 Å². The monoisotopic (exact) mass is 181 g/mol. The Morgan fingerprint density at radius 1 is 1.54 bits per heavy atom. The molecule has 1 rings (SSSR count). The molecule has 1 aromatic rings. The summed E-state index contributed by atoms with van der Waals surface area (Å²) in [7, 11) is 0. The maximum Gasteiger partial charge on any atom is 0.193 e. The van der Waals surface area contributed by atoms with Crippen LogP contribution >= 0.6 is 0 Å². The van der Waals surface area contributed by atoms with Crippen LogP contribution in [0.25, 0.3) is 0 Å². The fourth-order valence-electron chi connectivity index (χ4n) is 1.14. The summed E-state index contributed by atoms with van der Waals surface area (Å²) in [6.45, 7) is 2.30. The van der Waals surface area contributed by atoms with E-state index < -0.39 is 0 Å². The quantitative estimate of drug-likeness (QED) is 0.537. The Kier molecular flexibility index (Phi) is 2.84. The molecule has 13 heavy (non-hydrogen) atoms. The molecule has 0 heterocycles. The smallest absolute Gasteiger partial charge is 0.193 e. The molecule has 3 nitrogen and oxygen atoms in total. The summed E-state index contributed by atoms with van der Waals surface area (Å²) < 4.78 is 13.2. The van der Waals surface area contributed by atoms with Crippen molar-refractivity contribution in [3.63, 3.8) is 0 Å². The van der Waals surface area contributed by atoms with Crippen molar-refractivity contribution in [2.75, 3.05) is 11.4 Å². The summed E-state index contributed by atoms with van der Waals surface area (Å²) in [5.41, 5.74) is 5.64. The topological polar surface area (TPSA) is 53.1 Å². The molecule has 4 heteroatoms. The van der Waals surface area contributed by atoms with E-state index in [4.69, 9.17) is 11.1 Å². The van der Waals surface area contributed by atoms with Gasteiger partial charge in [-0.1, -0.05) is 12.1 Å². The van der Waals surface area contributed by atoms with Gasteiger partial charge in [0.15, 0.2) is 5.96 Å². The van der Waals surface area contributed by atoms with Gasteiger partial charge in [0.2, 0.25) is 0 Å². The number of anilines is 1. The Balaban J connectivity index is 3.04. The largest absolute Gasteiger partial charge is 0.370 e. The van der Waals surface area contributed by atoms with Crippen molar-refractivity contribution >= 4 is 11.6 Å². The van der Waals surface area contributed by atoms with Gasteiger partial charge in [-0.25, -0.2) is 4.39 Å². The number of nitrogens with zero attached hydrogens (tertiary/aromatic N) is 1. The van der Waals surface area contributed by atoms with Gasteiger partial charge in [0.1, 0.15) is 5.82 Å². The predicted octanol–water partition coefficient (Wildman–Crippen LogP) is 1.55.